The summed E-state index contributed by atoms with van der Waals surface area (Å²) in [5, 5.41) is 9.73. The number of hydrogen-bond acceptors (Lipinski definition) is 8. The summed E-state index contributed by atoms with van der Waals surface area (Å²) in [5.74, 6) is 1.63. The fourth-order valence-corrected chi connectivity index (χ4v) is 2.30. The Hall–Kier alpha value is -3.49. The van der Waals surface area contributed by atoms with Gasteiger partial charge in [0.05, 0.1) is 12.7 Å². The summed E-state index contributed by atoms with van der Waals surface area (Å²) in [6, 6.07) is 6.83. The number of rotatable bonds is 7. The molecule has 9 heteroatoms. The molecule has 2 N–H and O–H groups in total. The lowest BCUT2D eigenvalue weighted by Crippen LogP contribution is -2.27. The fourth-order valence-electron chi connectivity index (χ4n) is 2.30. The SMILES string of the molecule is CCNc1ncc(C(=O)N[C@H](C)c2nc(-c3ccc(OC)cc3)no2)cn1. The lowest BCUT2D eigenvalue weighted by molar-refractivity contribution is 0.0932. The Balaban J connectivity index is 1.66. The Bertz CT molecular complexity index is 892. The van der Waals surface area contributed by atoms with Gasteiger partial charge in [0, 0.05) is 24.5 Å². The molecule has 0 fully saturated rings. The zero-order valence-electron chi connectivity index (χ0n) is 15.3. The van der Waals surface area contributed by atoms with Gasteiger partial charge in [0.15, 0.2) is 0 Å². The molecule has 1 aromatic carbocycles. The Labute approximate surface area is 156 Å². The van der Waals surface area contributed by atoms with E-state index >= 15 is 0 Å². The Kier molecular flexibility index (Phi) is 5.60. The molecule has 2 aromatic heterocycles. The van der Waals surface area contributed by atoms with E-state index in [1.165, 1.54) is 12.4 Å². The number of hydrogen-bond donors (Lipinski definition) is 2. The molecule has 27 heavy (non-hydrogen) atoms. The molecule has 1 amide bonds. The molecule has 0 saturated carbocycles. The maximum atomic E-state index is 12.3. The third kappa shape index (κ3) is 4.38. The first-order valence-electron chi connectivity index (χ1n) is 8.45. The predicted molar refractivity (Wildman–Crippen MR) is 98.4 cm³/mol. The van der Waals surface area contributed by atoms with Gasteiger partial charge < -0.3 is 19.9 Å². The first kappa shape index (κ1) is 18.3. The molecule has 0 bridgehead atoms. The van der Waals surface area contributed by atoms with E-state index in [0.717, 1.165) is 11.3 Å². The molecule has 1 atom stereocenters. The fraction of sp³-hybridized carbons (Fsp3) is 0.278. The second kappa shape index (κ2) is 8.26. The first-order valence-corrected chi connectivity index (χ1v) is 8.45. The minimum absolute atomic E-state index is 0.305. The minimum Gasteiger partial charge on any atom is -0.497 e. The number of anilines is 1. The zero-order valence-corrected chi connectivity index (χ0v) is 15.3. The van der Waals surface area contributed by atoms with Gasteiger partial charge in [-0.1, -0.05) is 5.16 Å². The molecule has 0 saturated heterocycles. The van der Waals surface area contributed by atoms with E-state index in [2.05, 4.69) is 30.7 Å². The molecule has 0 aliphatic carbocycles. The highest BCUT2D eigenvalue weighted by Gasteiger charge is 2.18. The van der Waals surface area contributed by atoms with E-state index < -0.39 is 6.04 Å². The van der Waals surface area contributed by atoms with Crippen molar-refractivity contribution in [2.24, 2.45) is 0 Å². The Morgan fingerprint density at radius 1 is 1.22 bits per heavy atom. The molecule has 3 aromatic rings. The average molecular weight is 368 g/mol. The Morgan fingerprint density at radius 2 is 1.93 bits per heavy atom. The van der Waals surface area contributed by atoms with E-state index in [0.29, 0.717) is 29.8 Å². The number of carbonyl (C=O) groups is 1. The molecule has 9 nitrogen and oxygen atoms in total. The van der Waals surface area contributed by atoms with Gasteiger partial charge in [-0.05, 0) is 38.1 Å². The van der Waals surface area contributed by atoms with Crippen molar-refractivity contribution in [1.82, 2.24) is 25.4 Å². The molecule has 3 rings (SSSR count). The molecular formula is C18H20N6O3. The van der Waals surface area contributed by atoms with Gasteiger partial charge in [0.2, 0.25) is 17.7 Å². The first-order chi connectivity index (χ1) is 13.1. The second-order valence-electron chi connectivity index (χ2n) is 5.71. The highest BCUT2D eigenvalue weighted by atomic mass is 16.5. The Morgan fingerprint density at radius 3 is 2.56 bits per heavy atom. The monoisotopic (exact) mass is 368 g/mol. The molecule has 0 aliphatic rings. The number of nitrogens with one attached hydrogen (secondary N) is 2. The number of benzene rings is 1. The van der Waals surface area contributed by atoms with Crippen LogP contribution in [0.15, 0.2) is 41.2 Å². The van der Waals surface area contributed by atoms with Gasteiger partial charge in [-0.2, -0.15) is 4.98 Å². The zero-order chi connectivity index (χ0) is 19.2. The van der Waals surface area contributed by atoms with Crippen LogP contribution < -0.4 is 15.4 Å². The molecule has 0 aliphatic heterocycles. The standard InChI is InChI=1S/C18H20N6O3/c1-4-19-18-20-9-13(10-21-18)16(25)22-11(2)17-23-15(24-27-17)12-5-7-14(26-3)8-6-12/h5-11H,4H2,1-3H3,(H,22,25)(H,19,20,21)/t11-/m1/s1. The van der Waals surface area contributed by atoms with Crippen molar-refractivity contribution >= 4 is 11.9 Å². The third-order valence-corrected chi connectivity index (χ3v) is 3.76. The van der Waals surface area contributed by atoms with Crippen LogP contribution in [-0.2, 0) is 0 Å². The molecule has 0 radical (unpaired) electrons. The number of aromatic nitrogens is 4. The number of methoxy groups -OCH3 is 1. The van der Waals surface area contributed by atoms with Crippen molar-refractivity contribution in [3.05, 3.63) is 48.1 Å². The topological polar surface area (TPSA) is 115 Å². The van der Waals surface area contributed by atoms with Crippen molar-refractivity contribution < 1.29 is 14.1 Å². The summed E-state index contributed by atoms with van der Waals surface area (Å²) >= 11 is 0. The number of carbonyl (C=O) groups excluding carboxylic acids is 1. The van der Waals surface area contributed by atoms with Crippen LogP contribution in [0.5, 0.6) is 5.75 Å². The van der Waals surface area contributed by atoms with Crippen LogP contribution in [0.1, 0.15) is 36.1 Å². The summed E-state index contributed by atoms with van der Waals surface area (Å²) < 4.78 is 10.4. The van der Waals surface area contributed by atoms with Gasteiger partial charge in [-0.15, -0.1) is 0 Å². The summed E-state index contributed by atoms with van der Waals surface area (Å²) in [5.41, 5.74) is 1.13. The lowest BCUT2D eigenvalue weighted by Gasteiger charge is -2.09. The third-order valence-electron chi connectivity index (χ3n) is 3.76. The van der Waals surface area contributed by atoms with Crippen LogP contribution in [0.3, 0.4) is 0 Å². The maximum absolute atomic E-state index is 12.3. The maximum Gasteiger partial charge on any atom is 0.255 e. The van der Waals surface area contributed by atoms with E-state index in [1.807, 2.05) is 31.2 Å². The van der Waals surface area contributed by atoms with Gasteiger partial charge >= 0.3 is 0 Å². The van der Waals surface area contributed by atoms with Crippen molar-refractivity contribution in [2.75, 3.05) is 19.0 Å². The van der Waals surface area contributed by atoms with Gasteiger partial charge in [-0.3, -0.25) is 4.79 Å². The summed E-state index contributed by atoms with van der Waals surface area (Å²) in [6.07, 6.45) is 2.92. The van der Waals surface area contributed by atoms with Gasteiger partial charge in [-0.25, -0.2) is 9.97 Å². The lowest BCUT2D eigenvalue weighted by atomic mass is 10.2. The predicted octanol–water partition coefficient (Wildman–Crippen LogP) is 2.46. The smallest absolute Gasteiger partial charge is 0.255 e. The van der Waals surface area contributed by atoms with Crippen molar-refractivity contribution in [3.63, 3.8) is 0 Å². The molecule has 0 unspecified atom stereocenters. The summed E-state index contributed by atoms with van der Waals surface area (Å²) in [7, 11) is 1.60. The van der Waals surface area contributed by atoms with E-state index in [-0.39, 0.29) is 5.91 Å². The van der Waals surface area contributed by atoms with Crippen molar-refractivity contribution in [2.45, 2.75) is 19.9 Å². The molecule has 0 spiro atoms. The number of amides is 1. The molecule has 2 heterocycles. The van der Waals surface area contributed by atoms with Crippen molar-refractivity contribution in [3.8, 4) is 17.1 Å². The minimum atomic E-state index is -0.467. The molecule has 140 valence electrons. The van der Waals surface area contributed by atoms with Gasteiger partial charge in [0.1, 0.15) is 11.8 Å². The van der Waals surface area contributed by atoms with Crippen LogP contribution >= 0.6 is 0 Å². The highest BCUT2D eigenvalue weighted by molar-refractivity contribution is 5.93. The van der Waals surface area contributed by atoms with Crippen LogP contribution in [-0.4, -0.2) is 39.7 Å². The average Bonchev–Trinajstić information content (AvgIpc) is 3.19. The molecular weight excluding hydrogens is 348 g/mol. The largest absolute Gasteiger partial charge is 0.497 e. The highest BCUT2D eigenvalue weighted by Crippen LogP contribution is 2.21. The quantitative estimate of drug-likeness (QED) is 0.653. The van der Waals surface area contributed by atoms with E-state index in [4.69, 9.17) is 9.26 Å². The summed E-state index contributed by atoms with van der Waals surface area (Å²) in [6.45, 7) is 4.41. The van der Waals surface area contributed by atoms with Crippen molar-refractivity contribution in [1.29, 1.82) is 0 Å². The van der Waals surface area contributed by atoms with E-state index in [1.54, 1.807) is 14.0 Å². The summed E-state index contributed by atoms with van der Waals surface area (Å²) in [4.78, 5) is 24.8. The van der Waals surface area contributed by atoms with Crippen LogP contribution in [0.4, 0.5) is 5.95 Å². The van der Waals surface area contributed by atoms with Gasteiger partial charge in [0.25, 0.3) is 5.91 Å². The number of ether oxygens (including phenoxy) is 1. The number of nitrogens with zero attached hydrogens (tertiary/aromatic N) is 4. The second-order valence-corrected chi connectivity index (χ2v) is 5.71. The van der Waals surface area contributed by atoms with Crippen LogP contribution in [0.25, 0.3) is 11.4 Å². The van der Waals surface area contributed by atoms with E-state index in [9.17, 15) is 4.79 Å². The van der Waals surface area contributed by atoms with Crippen LogP contribution in [0, 0.1) is 0 Å². The normalized spacial score (nSPS) is 11.7. The van der Waals surface area contributed by atoms with Crippen LogP contribution in [0.2, 0.25) is 0 Å².